The van der Waals surface area contributed by atoms with E-state index in [1.807, 2.05) is 0 Å². The van der Waals surface area contributed by atoms with E-state index in [1.54, 1.807) is 5.94 Å². The van der Waals surface area contributed by atoms with Gasteiger partial charge < -0.3 is 5.32 Å². The molecule has 0 bridgehead atoms. The Kier molecular flexibility index (Phi) is 5.57. The summed E-state index contributed by atoms with van der Waals surface area (Å²) < 4.78 is 28.7. The van der Waals surface area contributed by atoms with Crippen molar-refractivity contribution in [1.82, 2.24) is 5.32 Å². The largest absolute Gasteiger partial charge is 0.313 e. The maximum atomic E-state index is 10.2. The smallest absolute Gasteiger partial charge is 0.264 e. The molecule has 2 N–H and O–H groups in total. The van der Waals surface area contributed by atoms with Gasteiger partial charge in [0.1, 0.15) is 5.94 Å². The molecule has 70 valence electrons. The van der Waals surface area contributed by atoms with Crippen LogP contribution in [0.4, 0.5) is 0 Å². The fraction of sp³-hybridized carbons (Fsp3) is 0.667. The highest BCUT2D eigenvalue weighted by Gasteiger charge is 2.01. The van der Waals surface area contributed by atoms with Gasteiger partial charge in [-0.1, -0.05) is 0 Å². The summed E-state index contributed by atoms with van der Waals surface area (Å²) in [6, 6.07) is 0. The van der Waals surface area contributed by atoms with Crippen molar-refractivity contribution in [3.05, 3.63) is 6.08 Å². The van der Waals surface area contributed by atoms with Crippen LogP contribution in [0.1, 0.15) is 6.42 Å². The first-order valence-electron chi connectivity index (χ1n) is 3.41. The Morgan fingerprint density at radius 1 is 1.50 bits per heavy atom. The number of hydrogen-bond acceptors (Lipinski definition) is 4. The second-order valence-electron chi connectivity index (χ2n) is 2.17. The molecule has 0 fully saturated rings. The number of nitrogens with one attached hydrogen (secondary N) is 1. The molecule has 0 heterocycles. The van der Waals surface area contributed by atoms with Gasteiger partial charge in [0.25, 0.3) is 10.1 Å². The van der Waals surface area contributed by atoms with E-state index in [-0.39, 0.29) is 5.75 Å². The maximum Gasteiger partial charge on any atom is 0.264 e. The lowest BCUT2D eigenvalue weighted by Gasteiger charge is -1.98. The summed E-state index contributed by atoms with van der Waals surface area (Å²) in [5.41, 5.74) is 0. The maximum absolute atomic E-state index is 10.2. The quantitative estimate of drug-likeness (QED) is 0.329. The summed E-state index contributed by atoms with van der Waals surface area (Å²) in [7, 11) is -3.84. The Hall–Kier alpha value is -0.680. The molecule has 0 saturated heterocycles. The molecule has 0 radical (unpaired) electrons. The molecular formula is C6H11NO4S. The van der Waals surface area contributed by atoms with Crippen LogP contribution in [0.3, 0.4) is 0 Å². The lowest BCUT2D eigenvalue weighted by molar-refractivity contribution is 0.480. The van der Waals surface area contributed by atoms with E-state index in [0.29, 0.717) is 19.5 Å². The van der Waals surface area contributed by atoms with E-state index in [0.717, 1.165) is 0 Å². The molecule has 0 rings (SSSR count). The molecule has 0 aromatic carbocycles. The minimum absolute atomic E-state index is 0.259. The van der Waals surface area contributed by atoms with E-state index in [4.69, 9.17) is 4.55 Å². The van der Waals surface area contributed by atoms with Gasteiger partial charge in [0.05, 0.1) is 5.75 Å². The first kappa shape index (κ1) is 11.3. The summed E-state index contributed by atoms with van der Waals surface area (Å²) in [4.78, 5) is 9.64. The highest BCUT2D eigenvalue weighted by Crippen LogP contribution is 1.85. The molecule has 0 aliphatic carbocycles. The average molecular weight is 193 g/mol. The average Bonchev–Trinajstić information content (AvgIpc) is 1.94. The van der Waals surface area contributed by atoms with Crippen molar-refractivity contribution in [1.29, 1.82) is 0 Å². The van der Waals surface area contributed by atoms with Gasteiger partial charge in [-0.15, -0.1) is 0 Å². The predicted molar refractivity (Wildman–Crippen MR) is 44.2 cm³/mol. The van der Waals surface area contributed by atoms with Crippen molar-refractivity contribution in [3.63, 3.8) is 0 Å². The summed E-state index contributed by atoms with van der Waals surface area (Å²) in [6.45, 7) is 0.812. The second-order valence-corrected chi connectivity index (χ2v) is 3.74. The van der Waals surface area contributed by atoms with Crippen LogP contribution in [-0.2, 0) is 14.9 Å². The molecule has 0 aromatic heterocycles. The molecule has 0 aliphatic heterocycles. The van der Waals surface area contributed by atoms with Crippen LogP contribution in [0.25, 0.3) is 0 Å². The third-order valence-corrected chi connectivity index (χ3v) is 1.89. The number of carbonyl (C=O) groups excluding carboxylic acids is 1. The Labute approximate surface area is 71.2 Å². The van der Waals surface area contributed by atoms with Crippen LogP contribution >= 0.6 is 0 Å². The summed E-state index contributed by atoms with van der Waals surface area (Å²) in [5.74, 6) is 1.31. The van der Waals surface area contributed by atoms with E-state index in [1.165, 1.54) is 6.08 Å². The highest BCUT2D eigenvalue weighted by atomic mass is 32.2. The van der Waals surface area contributed by atoms with Gasteiger partial charge in [-0.2, -0.15) is 8.42 Å². The lowest BCUT2D eigenvalue weighted by Crippen LogP contribution is -2.18. The zero-order valence-corrected chi connectivity index (χ0v) is 7.30. The summed E-state index contributed by atoms with van der Waals surface area (Å²) >= 11 is 0. The molecular weight excluding hydrogens is 182 g/mol. The topological polar surface area (TPSA) is 83.5 Å². The van der Waals surface area contributed by atoms with Crippen LogP contribution in [0, 0.1) is 0 Å². The first-order valence-corrected chi connectivity index (χ1v) is 5.02. The van der Waals surface area contributed by atoms with Crippen LogP contribution in [0.5, 0.6) is 0 Å². The molecule has 0 unspecified atom stereocenters. The molecule has 6 heteroatoms. The molecule has 0 aromatic rings. The second kappa shape index (κ2) is 5.91. The SMILES string of the molecule is O=C=CCNCCCS(=O)(=O)O. The first-order chi connectivity index (χ1) is 5.56. The molecule has 0 spiro atoms. The van der Waals surface area contributed by atoms with Crippen molar-refractivity contribution >= 4 is 16.1 Å². The van der Waals surface area contributed by atoms with E-state index >= 15 is 0 Å². The number of rotatable bonds is 6. The van der Waals surface area contributed by atoms with Crippen molar-refractivity contribution in [2.24, 2.45) is 0 Å². The highest BCUT2D eigenvalue weighted by molar-refractivity contribution is 7.85. The molecule has 12 heavy (non-hydrogen) atoms. The Morgan fingerprint density at radius 2 is 2.17 bits per heavy atom. The summed E-state index contributed by atoms with van der Waals surface area (Å²) in [6.07, 6.45) is 1.58. The van der Waals surface area contributed by atoms with E-state index in [2.05, 4.69) is 5.32 Å². The van der Waals surface area contributed by atoms with Crippen LogP contribution in [0.15, 0.2) is 6.08 Å². The summed E-state index contributed by atoms with van der Waals surface area (Å²) in [5, 5.41) is 2.77. The third-order valence-electron chi connectivity index (χ3n) is 1.09. The van der Waals surface area contributed by atoms with Gasteiger partial charge in [0.2, 0.25) is 0 Å². The van der Waals surface area contributed by atoms with Gasteiger partial charge in [-0.25, -0.2) is 4.79 Å². The molecule has 5 nitrogen and oxygen atoms in total. The normalized spacial score (nSPS) is 10.8. The van der Waals surface area contributed by atoms with Gasteiger partial charge in [-0.05, 0) is 13.0 Å². The van der Waals surface area contributed by atoms with Gasteiger partial charge in [-0.3, -0.25) is 4.55 Å². The van der Waals surface area contributed by atoms with Gasteiger partial charge >= 0.3 is 0 Å². The van der Waals surface area contributed by atoms with Crippen LogP contribution in [0.2, 0.25) is 0 Å². The Morgan fingerprint density at radius 3 is 2.67 bits per heavy atom. The monoisotopic (exact) mass is 193 g/mol. The van der Waals surface area contributed by atoms with E-state index in [9.17, 15) is 13.2 Å². The molecule has 0 amide bonds. The Balaban J connectivity index is 3.28. The van der Waals surface area contributed by atoms with Gasteiger partial charge in [0, 0.05) is 12.6 Å². The minimum Gasteiger partial charge on any atom is -0.313 e. The van der Waals surface area contributed by atoms with Crippen LogP contribution in [-0.4, -0.2) is 37.8 Å². The zero-order chi connectivity index (χ0) is 9.45. The molecule has 0 saturated carbocycles. The standard InChI is InChI=1S/C6H11NO4S/c8-5-1-3-7-4-2-6-12(9,10)11/h1,7H,2-4,6H2,(H,9,10,11). The van der Waals surface area contributed by atoms with Gasteiger partial charge in [0.15, 0.2) is 0 Å². The Bertz CT molecular complexity index is 253. The predicted octanol–water partition coefficient (Wildman–Crippen LogP) is -0.758. The molecule has 0 atom stereocenters. The lowest BCUT2D eigenvalue weighted by atomic mass is 10.5. The van der Waals surface area contributed by atoms with Crippen molar-refractivity contribution in [2.75, 3.05) is 18.8 Å². The third kappa shape index (κ3) is 9.32. The van der Waals surface area contributed by atoms with E-state index < -0.39 is 10.1 Å². The van der Waals surface area contributed by atoms with Crippen molar-refractivity contribution in [3.8, 4) is 0 Å². The van der Waals surface area contributed by atoms with Crippen molar-refractivity contribution in [2.45, 2.75) is 6.42 Å². The van der Waals surface area contributed by atoms with Crippen LogP contribution < -0.4 is 5.32 Å². The fourth-order valence-electron chi connectivity index (χ4n) is 0.595. The molecule has 0 aliphatic rings. The van der Waals surface area contributed by atoms with Crippen molar-refractivity contribution < 1.29 is 17.8 Å². The number of hydrogen-bond donors (Lipinski definition) is 2. The fourth-order valence-corrected chi connectivity index (χ4v) is 1.10. The zero-order valence-electron chi connectivity index (χ0n) is 6.49. The minimum atomic E-state index is -3.84.